The fourth-order valence-electron chi connectivity index (χ4n) is 1.17. The van der Waals surface area contributed by atoms with Gasteiger partial charge < -0.3 is 14.8 Å². The first-order valence-corrected chi connectivity index (χ1v) is 4.46. The molecule has 0 bridgehead atoms. The molecular formula is C9H10N4O2. The van der Waals surface area contributed by atoms with Gasteiger partial charge in [0.25, 0.3) is 5.56 Å². The van der Waals surface area contributed by atoms with E-state index in [9.17, 15) is 4.79 Å². The third-order valence-electron chi connectivity index (χ3n) is 1.90. The SMILES string of the molecule is NCc1noc(Cn2ccccc2=O)n1. The molecule has 0 saturated carbocycles. The van der Waals surface area contributed by atoms with Gasteiger partial charge in [-0.2, -0.15) is 4.98 Å². The largest absolute Gasteiger partial charge is 0.337 e. The first kappa shape index (κ1) is 9.60. The Bertz CT molecular complexity index is 503. The number of hydrogen-bond acceptors (Lipinski definition) is 5. The summed E-state index contributed by atoms with van der Waals surface area (Å²) in [5.74, 6) is 0.817. The Hall–Kier alpha value is -1.95. The molecule has 15 heavy (non-hydrogen) atoms. The normalized spacial score (nSPS) is 10.5. The minimum atomic E-state index is -0.106. The molecule has 0 aliphatic rings. The molecule has 0 saturated heterocycles. The van der Waals surface area contributed by atoms with Gasteiger partial charge in [0.2, 0.25) is 5.89 Å². The van der Waals surface area contributed by atoms with Crippen molar-refractivity contribution in [3.63, 3.8) is 0 Å². The van der Waals surface area contributed by atoms with Gasteiger partial charge in [-0.25, -0.2) is 0 Å². The first-order valence-electron chi connectivity index (χ1n) is 4.46. The second-order valence-electron chi connectivity index (χ2n) is 2.98. The summed E-state index contributed by atoms with van der Waals surface area (Å²) in [6.07, 6.45) is 1.66. The highest BCUT2D eigenvalue weighted by Crippen LogP contribution is 1.98. The summed E-state index contributed by atoms with van der Waals surface area (Å²) in [7, 11) is 0. The molecule has 0 fully saturated rings. The van der Waals surface area contributed by atoms with Crippen molar-refractivity contribution >= 4 is 0 Å². The molecule has 0 spiro atoms. The zero-order valence-electron chi connectivity index (χ0n) is 7.96. The fraction of sp³-hybridized carbons (Fsp3) is 0.222. The highest BCUT2D eigenvalue weighted by atomic mass is 16.5. The van der Waals surface area contributed by atoms with Crippen molar-refractivity contribution in [2.45, 2.75) is 13.1 Å². The van der Waals surface area contributed by atoms with Crippen LogP contribution in [0.5, 0.6) is 0 Å². The van der Waals surface area contributed by atoms with Crippen LogP contribution in [0.15, 0.2) is 33.7 Å². The summed E-state index contributed by atoms with van der Waals surface area (Å²) >= 11 is 0. The summed E-state index contributed by atoms with van der Waals surface area (Å²) in [6.45, 7) is 0.500. The monoisotopic (exact) mass is 206 g/mol. The van der Waals surface area contributed by atoms with Crippen LogP contribution in [0, 0.1) is 0 Å². The standard InChI is InChI=1S/C9H10N4O2/c10-5-7-11-8(15-12-7)6-13-4-2-1-3-9(13)14/h1-4H,5-6,10H2. The lowest BCUT2D eigenvalue weighted by Gasteiger charge is -1.98. The van der Waals surface area contributed by atoms with E-state index in [1.54, 1.807) is 18.3 Å². The van der Waals surface area contributed by atoms with Crippen LogP contribution < -0.4 is 11.3 Å². The highest BCUT2D eigenvalue weighted by Gasteiger charge is 2.05. The molecular weight excluding hydrogens is 196 g/mol. The van der Waals surface area contributed by atoms with Gasteiger partial charge in [-0.15, -0.1) is 0 Å². The fourth-order valence-corrected chi connectivity index (χ4v) is 1.17. The van der Waals surface area contributed by atoms with E-state index in [1.807, 2.05) is 0 Å². The summed E-state index contributed by atoms with van der Waals surface area (Å²) < 4.78 is 6.39. The van der Waals surface area contributed by atoms with E-state index in [0.717, 1.165) is 0 Å². The predicted octanol–water partition coefficient (Wildman–Crippen LogP) is -0.262. The van der Waals surface area contributed by atoms with Gasteiger partial charge in [-0.05, 0) is 6.07 Å². The third kappa shape index (κ3) is 2.10. The molecule has 0 aromatic carbocycles. The Labute approximate surface area is 85.3 Å². The molecule has 78 valence electrons. The number of aromatic nitrogens is 3. The van der Waals surface area contributed by atoms with Crippen molar-refractivity contribution in [3.05, 3.63) is 46.5 Å². The van der Waals surface area contributed by atoms with E-state index < -0.39 is 0 Å². The minimum absolute atomic E-state index is 0.106. The second-order valence-corrected chi connectivity index (χ2v) is 2.98. The van der Waals surface area contributed by atoms with Gasteiger partial charge in [0.1, 0.15) is 6.54 Å². The lowest BCUT2D eigenvalue weighted by molar-refractivity contribution is 0.365. The van der Waals surface area contributed by atoms with Crippen LogP contribution in [0.1, 0.15) is 11.7 Å². The molecule has 6 heteroatoms. The molecule has 0 aliphatic heterocycles. The smallest absolute Gasteiger partial charge is 0.250 e. The van der Waals surface area contributed by atoms with Crippen LogP contribution in [-0.2, 0) is 13.1 Å². The molecule has 0 amide bonds. The van der Waals surface area contributed by atoms with Crippen molar-refractivity contribution < 1.29 is 4.52 Å². The maximum Gasteiger partial charge on any atom is 0.250 e. The number of rotatable bonds is 3. The Morgan fingerprint density at radius 1 is 1.47 bits per heavy atom. The van der Waals surface area contributed by atoms with E-state index >= 15 is 0 Å². The van der Waals surface area contributed by atoms with E-state index in [1.165, 1.54) is 10.6 Å². The van der Waals surface area contributed by atoms with Crippen LogP contribution in [0.25, 0.3) is 0 Å². The van der Waals surface area contributed by atoms with E-state index in [4.69, 9.17) is 10.3 Å². The lowest BCUT2D eigenvalue weighted by Crippen LogP contribution is -2.18. The second kappa shape index (κ2) is 4.05. The molecule has 2 heterocycles. The number of pyridine rings is 1. The van der Waals surface area contributed by atoms with Crippen LogP contribution in [-0.4, -0.2) is 14.7 Å². The molecule has 0 aliphatic carbocycles. The Kier molecular flexibility index (Phi) is 2.59. The van der Waals surface area contributed by atoms with Gasteiger partial charge >= 0.3 is 0 Å². The summed E-state index contributed by atoms with van der Waals surface area (Å²) in [4.78, 5) is 15.4. The zero-order chi connectivity index (χ0) is 10.7. The van der Waals surface area contributed by atoms with Crippen molar-refractivity contribution in [2.75, 3.05) is 0 Å². The average molecular weight is 206 g/mol. The van der Waals surface area contributed by atoms with Gasteiger partial charge in [0.15, 0.2) is 5.82 Å². The third-order valence-corrected chi connectivity index (χ3v) is 1.90. The van der Waals surface area contributed by atoms with Gasteiger partial charge in [-0.3, -0.25) is 4.79 Å². The molecule has 6 nitrogen and oxygen atoms in total. The maximum atomic E-state index is 11.3. The minimum Gasteiger partial charge on any atom is -0.337 e. The van der Waals surface area contributed by atoms with Gasteiger partial charge in [0.05, 0.1) is 6.54 Å². The zero-order valence-corrected chi connectivity index (χ0v) is 7.96. The van der Waals surface area contributed by atoms with Crippen LogP contribution in [0.2, 0.25) is 0 Å². The lowest BCUT2D eigenvalue weighted by atomic mass is 10.4. The highest BCUT2D eigenvalue weighted by molar-refractivity contribution is 4.96. The summed E-state index contributed by atoms with van der Waals surface area (Å²) in [5, 5.41) is 3.63. The van der Waals surface area contributed by atoms with Crippen molar-refractivity contribution in [1.82, 2.24) is 14.7 Å². The van der Waals surface area contributed by atoms with Crippen molar-refractivity contribution in [3.8, 4) is 0 Å². The van der Waals surface area contributed by atoms with Crippen LogP contribution in [0.4, 0.5) is 0 Å². The van der Waals surface area contributed by atoms with Gasteiger partial charge in [-0.1, -0.05) is 11.2 Å². The molecule has 2 N–H and O–H groups in total. The summed E-state index contributed by atoms with van der Waals surface area (Å²) in [6, 6.07) is 4.92. The maximum absolute atomic E-state index is 11.3. The Morgan fingerprint density at radius 3 is 3.00 bits per heavy atom. The molecule has 2 aromatic heterocycles. The van der Waals surface area contributed by atoms with Crippen molar-refractivity contribution in [2.24, 2.45) is 5.73 Å². The van der Waals surface area contributed by atoms with E-state index in [0.29, 0.717) is 11.7 Å². The quantitative estimate of drug-likeness (QED) is 0.747. The summed E-state index contributed by atoms with van der Waals surface area (Å²) in [5.41, 5.74) is 5.23. The molecule has 0 radical (unpaired) electrons. The Balaban J connectivity index is 2.22. The average Bonchev–Trinajstić information content (AvgIpc) is 2.69. The van der Waals surface area contributed by atoms with Crippen LogP contribution >= 0.6 is 0 Å². The molecule has 0 unspecified atom stereocenters. The van der Waals surface area contributed by atoms with E-state index in [-0.39, 0.29) is 18.6 Å². The molecule has 2 aromatic rings. The number of nitrogens with two attached hydrogens (primary N) is 1. The number of nitrogens with zero attached hydrogens (tertiary/aromatic N) is 3. The molecule has 2 rings (SSSR count). The topological polar surface area (TPSA) is 86.9 Å². The number of hydrogen-bond donors (Lipinski definition) is 1. The van der Waals surface area contributed by atoms with Crippen LogP contribution in [0.3, 0.4) is 0 Å². The van der Waals surface area contributed by atoms with Crippen molar-refractivity contribution in [1.29, 1.82) is 0 Å². The van der Waals surface area contributed by atoms with Gasteiger partial charge in [0, 0.05) is 12.3 Å². The van der Waals surface area contributed by atoms with E-state index in [2.05, 4.69) is 10.1 Å². The first-order chi connectivity index (χ1) is 7.29. The predicted molar refractivity (Wildman–Crippen MR) is 52.0 cm³/mol. The molecule has 0 atom stereocenters. The Morgan fingerprint density at radius 2 is 2.33 bits per heavy atom.